The number of hydrogen-bond acceptors (Lipinski definition) is 1. The SMILES string of the molecule is CCNC1CCc2cc(-c3cc(C)c(C)cc3C)ccc21. The van der Waals surface area contributed by atoms with Gasteiger partial charge in [0.1, 0.15) is 0 Å². The maximum Gasteiger partial charge on any atom is 0.0326 e. The molecule has 1 heteroatoms. The van der Waals surface area contributed by atoms with Gasteiger partial charge in [-0.15, -0.1) is 0 Å². The molecule has 110 valence electrons. The lowest BCUT2D eigenvalue weighted by molar-refractivity contribution is 0.549. The first-order chi connectivity index (χ1) is 10.1. The van der Waals surface area contributed by atoms with E-state index in [9.17, 15) is 0 Å². The Kier molecular flexibility index (Phi) is 3.86. The van der Waals surface area contributed by atoms with E-state index in [0.717, 1.165) is 6.54 Å². The van der Waals surface area contributed by atoms with Gasteiger partial charge in [0, 0.05) is 6.04 Å². The maximum absolute atomic E-state index is 3.59. The summed E-state index contributed by atoms with van der Waals surface area (Å²) >= 11 is 0. The summed E-state index contributed by atoms with van der Waals surface area (Å²) in [5, 5.41) is 3.59. The first kappa shape index (κ1) is 14.3. The van der Waals surface area contributed by atoms with Crippen molar-refractivity contribution < 1.29 is 0 Å². The minimum Gasteiger partial charge on any atom is -0.310 e. The van der Waals surface area contributed by atoms with Crippen molar-refractivity contribution in [2.75, 3.05) is 6.54 Å². The summed E-state index contributed by atoms with van der Waals surface area (Å²) in [5.41, 5.74) is 9.91. The normalized spacial score (nSPS) is 17.0. The Morgan fingerprint density at radius 3 is 2.52 bits per heavy atom. The van der Waals surface area contributed by atoms with E-state index in [0.29, 0.717) is 6.04 Å². The van der Waals surface area contributed by atoms with Gasteiger partial charge in [-0.25, -0.2) is 0 Å². The molecular formula is C20H25N. The monoisotopic (exact) mass is 279 g/mol. The van der Waals surface area contributed by atoms with Crippen molar-refractivity contribution in [3.05, 3.63) is 58.1 Å². The Bertz CT molecular complexity index is 670. The van der Waals surface area contributed by atoms with Crippen molar-refractivity contribution in [1.29, 1.82) is 0 Å². The first-order valence-electron chi connectivity index (χ1n) is 8.04. The highest BCUT2D eigenvalue weighted by Gasteiger charge is 2.21. The Morgan fingerprint density at radius 1 is 1.00 bits per heavy atom. The van der Waals surface area contributed by atoms with E-state index in [2.05, 4.69) is 63.3 Å². The van der Waals surface area contributed by atoms with Crippen LogP contribution in [0.4, 0.5) is 0 Å². The average Bonchev–Trinajstić information content (AvgIpc) is 2.86. The van der Waals surface area contributed by atoms with Crippen molar-refractivity contribution in [2.24, 2.45) is 0 Å². The van der Waals surface area contributed by atoms with Crippen LogP contribution in [0.3, 0.4) is 0 Å². The van der Waals surface area contributed by atoms with Crippen LogP contribution in [0.2, 0.25) is 0 Å². The van der Waals surface area contributed by atoms with Gasteiger partial charge in [0.15, 0.2) is 0 Å². The molecule has 2 aromatic rings. The Hall–Kier alpha value is -1.60. The first-order valence-corrected chi connectivity index (χ1v) is 8.04. The molecule has 0 saturated carbocycles. The molecular weight excluding hydrogens is 254 g/mol. The second kappa shape index (κ2) is 5.65. The summed E-state index contributed by atoms with van der Waals surface area (Å²) in [4.78, 5) is 0. The zero-order valence-electron chi connectivity index (χ0n) is 13.6. The van der Waals surface area contributed by atoms with Gasteiger partial charge in [-0.05, 0) is 79.1 Å². The molecule has 1 nitrogen and oxygen atoms in total. The number of benzene rings is 2. The smallest absolute Gasteiger partial charge is 0.0326 e. The van der Waals surface area contributed by atoms with Crippen LogP contribution in [0.25, 0.3) is 11.1 Å². The highest BCUT2D eigenvalue weighted by molar-refractivity contribution is 5.70. The number of nitrogens with one attached hydrogen (secondary N) is 1. The van der Waals surface area contributed by atoms with Crippen LogP contribution in [0.15, 0.2) is 30.3 Å². The van der Waals surface area contributed by atoms with Crippen LogP contribution in [-0.4, -0.2) is 6.54 Å². The highest BCUT2D eigenvalue weighted by Crippen LogP contribution is 2.35. The van der Waals surface area contributed by atoms with E-state index >= 15 is 0 Å². The summed E-state index contributed by atoms with van der Waals surface area (Å²) in [5.74, 6) is 0. The van der Waals surface area contributed by atoms with Gasteiger partial charge in [0.25, 0.3) is 0 Å². The molecule has 0 amide bonds. The molecule has 1 aliphatic rings. The molecule has 2 aromatic carbocycles. The van der Waals surface area contributed by atoms with Gasteiger partial charge in [-0.1, -0.05) is 37.3 Å². The van der Waals surface area contributed by atoms with Crippen LogP contribution in [0.1, 0.15) is 47.2 Å². The minimum atomic E-state index is 0.555. The predicted octanol–water partition coefficient (Wildman–Crippen LogP) is 4.88. The summed E-state index contributed by atoms with van der Waals surface area (Å²) < 4.78 is 0. The molecule has 0 fully saturated rings. The lowest BCUT2D eigenvalue weighted by Gasteiger charge is -2.14. The van der Waals surface area contributed by atoms with Gasteiger partial charge >= 0.3 is 0 Å². The molecule has 1 unspecified atom stereocenters. The summed E-state index contributed by atoms with van der Waals surface area (Å²) in [7, 11) is 0. The summed E-state index contributed by atoms with van der Waals surface area (Å²) in [6.07, 6.45) is 2.43. The third-order valence-corrected chi connectivity index (χ3v) is 4.82. The highest BCUT2D eigenvalue weighted by atomic mass is 14.9. The molecule has 3 rings (SSSR count). The lowest BCUT2D eigenvalue weighted by atomic mass is 9.93. The van der Waals surface area contributed by atoms with E-state index in [1.807, 2.05) is 0 Å². The minimum absolute atomic E-state index is 0.555. The van der Waals surface area contributed by atoms with Gasteiger partial charge in [0.2, 0.25) is 0 Å². The molecule has 1 aliphatic carbocycles. The number of aryl methyl sites for hydroxylation is 4. The maximum atomic E-state index is 3.59. The van der Waals surface area contributed by atoms with Gasteiger partial charge in [-0.3, -0.25) is 0 Å². The number of hydrogen-bond donors (Lipinski definition) is 1. The second-order valence-corrected chi connectivity index (χ2v) is 6.31. The van der Waals surface area contributed by atoms with Gasteiger partial charge < -0.3 is 5.32 Å². The lowest BCUT2D eigenvalue weighted by Crippen LogP contribution is -2.18. The zero-order chi connectivity index (χ0) is 15.0. The quantitative estimate of drug-likeness (QED) is 0.844. The molecule has 0 spiro atoms. The largest absolute Gasteiger partial charge is 0.310 e. The Morgan fingerprint density at radius 2 is 1.76 bits per heavy atom. The average molecular weight is 279 g/mol. The van der Waals surface area contributed by atoms with Crippen LogP contribution in [0, 0.1) is 20.8 Å². The number of rotatable bonds is 3. The molecule has 0 bridgehead atoms. The fourth-order valence-corrected chi connectivity index (χ4v) is 3.52. The van der Waals surface area contributed by atoms with Crippen LogP contribution in [0.5, 0.6) is 0 Å². The van der Waals surface area contributed by atoms with Crippen molar-refractivity contribution >= 4 is 0 Å². The van der Waals surface area contributed by atoms with E-state index in [1.165, 1.54) is 51.8 Å². The Balaban J connectivity index is 2.01. The number of fused-ring (bicyclic) bond motifs is 1. The van der Waals surface area contributed by atoms with E-state index in [1.54, 1.807) is 0 Å². The summed E-state index contributed by atoms with van der Waals surface area (Å²) in [6.45, 7) is 9.84. The van der Waals surface area contributed by atoms with Gasteiger partial charge in [0.05, 0.1) is 0 Å². The predicted molar refractivity (Wildman–Crippen MR) is 90.8 cm³/mol. The molecule has 0 aromatic heterocycles. The fourth-order valence-electron chi connectivity index (χ4n) is 3.52. The van der Waals surface area contributed by atoms with Gasteiger partial charge in [-0.2, -0.15) is 0 Å². The molecule has 0 heterocycles. The zero-order valence-corrected chi connectivity index (χ0v) is 13.6. The van der Waals surface area contributed by atoms with Crippen molar-refractivity contribution in [3.8, 4) is 11.1 Å². The van der Waals surface area contributed by atoms with Crippen molar-refractivity contribution in [3.63, 3.8) is 0 Å². The van der Waals surface area contributed by atoms with E-state index in [-0.39, 0.29) is 0 Å². The summed E-state index contributed by atoms with van der Waals surface area (Å²) in [6, 6.07) is 12.2. The third-order valence-electron chi connectivity index (χ3n) is 4.82. The molecule has 1 N–H and O–H groups in total. The van der Waals surface area contributed by atoms with Crippen molar-refractivity contribution in [1.82, 2.24) is 5.32 Å². The molecule has 0 radical (unpaired) electrons. The molecule has 0 aliphatic heterocycles. The molecule has 21 heavy (non-hydrogen) atoms. The topological polar surface area (TPSA) is 12.0 Å². The second-order valence-electron chi connectivity index (χ2n) is 6.31. The third kappa shape index (κ3) is 2.63. The fraction of sp³-hybridized carbons (Fsp3) is 0.400. The van der Waals surface area contributed by atoms with E-state index in [4.69, 9.17) is 0 Å². The standard InChI is InChI=1S/C20H25N/c1-5-21-20-9-7-16-12-17(6-8-18(16)20)19-11-14(3)13(2)10-15(19)4/h6,8,10-12,20-21H,5,7,9H2,1-4H3. The molecule has 1 atom stereocenters. The van der Waals surface area contributed by atoms with Crippen LogP contribution in [-0.2, 0) is 6.42 Å². The van der Waals surface area contributed by atoms with Crippen LogP contribution >= 0.6 is 0 Å². The Labute approximate surface area is 128 Å². The van der Waals surface area contributed by atoms with Crippen molar-refractivity contribution in [2.45, 2.75) is 46.6 Å². The van der Waals surface area contributed by atoms with E-state index < -0.39 is 0 Å². The molecule has 0 saturated heterocycles. The van der Waals surface area contributed by atoms with Crippen LogP contribution < -0.4 is 5.32 Å².